The molecule has 8 nitrogen and oxygen atoms in total. The van der Waals surface area contributed by atoms with Crippen molar-refractivity contribution < 1.29 is 17.7 Å². The van der Waals surface area contributed by atoms with E-state index in [4.69, 9.17) is 4.52 Å². The lowest BCUT2D eigenvalue weighted by Gasteiger charge is -2.26. The number of nitrogens with zero attached hydrogens (tertiary/aromatic N) is 3. The fourth-order valence-electron chi connectivity index (χ4n) is 2.82. The zero-order valence-corrected chi connectivity index (χ0v) is 17.1. The van der Waals surface area contributed by atoms with E-state index in [-0.39, 0.29) is 12.4 Å². The van der Waals surface area contributed by atoms with Crippen molar-refractivity contribution in [3.05, 3.63) is 35.6 Å². The summed E-state index contributed by atoms with van der Waals surface area (Å²) in [4.78, 5) is 14.5. The molecule has 0 atom stereocenters. The number of hydrogen-bond donors (Lipinski definition) is 1. The van der Waals surface area contributed by atoms with E-state index in [0.717, 1.165) is 34.9 Å². The zero-order valence-electron chi connectivity index (χ0n) is 16.3. The lowest BCUT2D eigenvalue weighted by Crippen LogP contribution is -2.38. The van der Waals surface area contributed by atoms with Crippen LogP contribution in [0.3, 0.4) is 0 Å². The number of anilines is 3. The number of sulfonamides is 1. The van der Waals surface area contributed by atoms with Crippen LogP contribution in [0.1, 0.15) is 25.2 Å². The van der Waals surface area contributed by atoms with E-state index in [1.54, 1.807) is 19.1 Å². The molecule has 0 saturated heterocycles. The normalized spacial score (nSPS) is 11.3. The van der Waals surface area contributed by atoms with Gasteiger partial charge >= 0.3 is 0 Å². The Labute approximate surface area is 160 Å². The van der Waals surface area contributed by atoms with Crippen LogP contribution in [0.4, 0.5) is 17.2 Å². The van der Waals surface area contributed by atoms with Gasteiger partial charge < -0.3 is 14.7 Å². The molecule has 0 fully saturated rings. The van der Waals surface area contributed by atoms with E-state index in [2.05, 4.69) is 29.2 Å². The number of hydrogen-bond acceptors (Lipinski definition) is 6. The van der Waals surface area contributed by atoms with E-state index in [9.17, 15) is 13.2 Å². The summed E-state index contributed by atoms with van der Waals surface area (Å²) in [6.07, 6.45) is 1.08. The number of benzene rings is 1. The maximum Gasteiger partial charge on any atom is 0.246 e. The maximum absolute atomic E-state index is 12.3. The molecule has 0 aliphatic carbocycles. The quantitative estimate of drug-likeness (QED) is 0.739. The average molecular weight is 394 g/mol. The van der Waals surface area contributed by atoms with Crippen molar-refractivity contribution in [1.82, 2.24) is 5.16 Å². The fourth-order valence-corrected chi connectivity index (χ4v) is 3.74. The van der Waals surface area contributed by atoms with Gasteiger partial charge in [-0.05, 0) is 51.5 Å². The van der Waals surface area contributed by atoms with Crippen LogP contribution in [0.25, 0.3) is 0 Å². The molecule has 0 bridgehead atoms. The Morgan fingerprint density at radius 2 is 1.85 bits per heavy atom. The summed E-state index contributed by atoms with van der Waals surface area (Å²) in [6, 6.07) is 7.09. The number of carbonyl (C=O) groups excluding carboxylic acids is 1. The molecular formula is C18H26N4O4S. The largest absolute Gasteiger partial charge is 0.372 e. The Hall–Kier alpha value is -2.55. The van der Waals surface area contributed by atoms with Gasteiger partial charge in [0.2, 0.25) is 15.9 Å². The molecule has 0 aliphatic heterocycles. The van der Waals surface area contributed by atoms with Gasteiger partial charge in [0.05, 0.1) is 11.9 Å². The monoisotopic (exact) mass is 394 g/mol. The summed E-state index contributed by atoms with van der Waals surface area (Å²) in [5.74, 6) is 0.300. The van der Waals surface area contributed by atoms with Crippen LogP contribution < -0.4 is 14.5 Å². The van der Waals surface area contributed by atoms with Gasteiger partial charge in [-0.25, -0.2) is 8.42 Å². The number of aryl methyl sites for hydroxylation is 2. The number of amides is 1. The van der Waals surface area contributed by atoms with E-state index in [0.29, 0.717) is 11.4 Å². The first-order valence-corrected chi connectivity index (χ1v) is 10.6. The molecule has 9 heteroatoms. The summed E-state index contributed by atoms with van der Waals surface area (Å²) >= 11 is 0. The van der Waals surface area contributed by atoms with Crippen LogP contribution in [-0.2, 0) is 14.8 Å². The van der Waals surface area contributed by atoms with Gasteiger partial charge in [0.15, 0.2) is 5.82 Å². The molecule has 1 heterocycles. The molecular weight excluding hydrogens is 368 g/mol. The van der Waals surface area contributed by atoms with Gasteiger partial charge in [0, 0.05) is 24.8 Å². The van der Waals surface area contributed by atoms with Crippen molar-refractivity contribution in [3.8, 4) is 0 Å². The van der Waals surface area contributed by atoms with Crippen molar-refractivity contribution in [2.75, 3.05) is 40.4 Å². The Bertz CT molecular complexity index is 904. The van der Waals surface area contributed by atoms with E-state index in [1.165, 1.54) is 0 Å². The standard InChI is InChI=1S/C18H26N4O4S/c1-6-21(7-2)15-8-9-16(13(3)10-15)22(27(5,24)25)12-18(23)19-17-11-14(4)26-20-17/h8-11H,6-7,12H2,1-5H3,(H,19,20,23). The van der Waals surface area contributed by atoms with Gasteiger partial charge in [-0.1, -0.05) is 5.16 Å². The number of rotatable bonds is 8. The molecule has 0 saturated carbocycles. The molecule has 2 aromatic rings. The molecule has 2 rings (SSSR count). The third-order valence-electron chi connectivity index (χ3n) is 4.16. The van der Waals surface area contributed by atoms with Gasteiger partial charge in [-0.2, -0.15) is 0 Å². The second-order valence-electron chi connectivity index (χ2n) is 6.28. The van der Waals surface area contributed by atoms with Crippen molar-refractivity contribution in [3.63, 3.8) is 0 Å². The molecule has 0 unspecified atom stereocenters. The third-order valence-corrected chi connectivity index (χ3v) is 5.29. The van der Waals surface area contributed by atoms with Crippen LogP contribution in [-0.4, -0.2) is 45.4 Å². The highest BCUT2D eigenvalue weighted by Gasteiger charge is 2.23. The molecule has 1 N–H and O–H groups in total. The molecule has 27 heavy (non-hydrogen) atoms. The average Bonchev–Trinajstić information content (AvgIpc) is 2.98. The molecule has 0 aliphatic rings. The predicted octanol–water partition coefficient (Wildman–Crippen LogP) is 2.54. The predicted molar refractivity (Wildman–Crippen MR) is 107 cm³/mol. The molecule has 0 spiro atoms. The lowest BCUT2D eigenvalue weighted by molar-refractivity contribution is -0.114. The topological polar surface area (TPSA) is 95.8 Å². The van der Waals surface area contributed by atoms with Crippen molar-refractivity contribution >= 4 is 33.1 Å². The van der Waals surface area contributed by atoms with Crippen molar-refractivity contribution in [1.29, 1.82) is 0 Å². The molecule has 148 valence electrons. The van der Waals surface area contributed by atoms with Crippen molar-refractivity contribution in [2.24, 2.45) is 0 Å². The molecule has 1 aromatic heterocycles. The molecule has 0 radical (unpaired) electrons. The van der Waals surface area contributed by atoms with Gasteiger partial charge in [-0.3, -0.25) is 9.10 Å². The van der Waals surface area contributed by atoms with E-state index >= 15 is 0 Å². The summed E-state index contributed by atoms with van der Waals surface area (Å²) in [5.41, 5.74) is 2.26. The van der Waals surface area contributed by atoms with Crippen LogP contribution in [0.2, 0.25) is 0 Å². The van der Waals surface area contributed by atoms with Crippen LogP contribution >= 0.6 is 0 Å². The van der Waals surface area contributed by atoms with Gasteiger partial charge in [0.1, 0.15) is 12.3 Å². The smallest absolute Gasteiger partial charge is 0.246 e. The third kappa shape index (κ3) is 5.22. The number of aromatic nitrogens is 1. The maximum atomic E-state index is 12.3. The van der Waals surface area contributed by atoms with Crippen LogP contribution in [0, 0.1) is 13.8 Å². The first-order valence-electron chi connectivity index (χ1n) is 8.72. The number of carbonyl (C=O) groups is 1. The van der Waals surface area contributed by atoms with Crippen molar-refractivity contribution in [2.45, 2.75) is 27.7 Å². The fraction of sp³-hybridized carbons (Fsp3) is 0.444. The van der Waals surface area contributed by atoms with Gasteiger partial charge in [-0.15, -0.1) is 0 Å². The summed E-state index contributed by atoms with van der Waals surface area (Å²) in [7, 11) is -3.65. The first kappa shape index (κ1) is 20.8. The molecule has 1 aromatic carbocycles. The highest BCUT2D eigenvalue weighted by molar-refractivity contribution is 7.92. The van der Waals surface area contributed by atoms with Crippen LogP contribution in [0.15, 0.2) is 28.8 Å². The second kappa shape index (κ2) is 8.43. The highest BCUT2D eigenvalue weighted by atomic mass is 32.2. The Morgan fingerprint density at radius 3 is 2.33 bits per heavy atom. The summed E-state index contributed by atoms with van der Waals surface area (Å²) in [6.45, 7) is 9.01. The minimum atomic E-state index is -3.65. The second-order valence-corrected chi connectivity index (χ2v) is 8.19. The van der Waals surface area contributed by atoms with Gasteiger partial charge in [0.25, 0.3) is 0 Å². The summed E-state index contributed by atoms with van der Waals surface area (Å²) in [5, 5.41) is 6.23. The van der Waals surface area contributed by atoms with E-state index in [1.807, 2.05) is 19.1 Å². The SMILES string of the molecule is CCN(CC)c1ccc(N(CC(=O)Nc2cc(C)on2)S(C)(=O)=O)c(C)c1. The Morgan fingerprint density at radius 1 is 1.19 bits per heavy atom. The minimum Gasteiger partial charge on any atom is -0.372 e. The minimum absolute atomic E-state index is 0.250. The highest BCUT2D eigenvalue weighted by Crippen LogP contribution is 2.27. The number of nitrogens with one attached hydrogen (secondary N) is 1. The lowest BCUT2D eigenvalue weighted by atomic mass is 10.1. The zero-order chi connectivity index (χ0) is 20.2. The first-order chi connectivity index (χ1) is 12.7. The van der Waals surface area contributed by atoms with E-state index < -0.39 is 15.9 Å². The Kier molecular flexibility index (Phi) is 6.48. The molecule has 1 amide bonds. The van der Waals surface area contributed by atoms with Crippen LogP contribution in [0.5, 0.6) is 0 Å². The Balaban J connectivity index is 2.27. The summed E-state index contributed by atoms with van der Waals surface area (Å²) < 4.78 is 30.6.